The molecule has 4 heterocycles. The summed E-state index contributed by atoms with van der Waals surface area (Å²) in [4.78, 5) is 39.8. The molecule has 1 aliphatic rings. The van der Waals surface area contributed by atoms with Gasteiger partial charge in [-0.2, -0.15) is 9.97 Å². The summed E-state index contributed by atoms with van der Waals surface area (Å²) in [6, 6.07) is 3.15. The molecule has 11 heteroatoms. The van der Waals surface area contributed by atoms with Gasteiger partial charge in [-0.15, -0.1) is 0 Å². The first kappa shape index (κ1) is 18.9. The minimum absolute atomic E-state index is 0.00520. The van der Waals surface area contributed by atoms with E-state index >= 15 is 0 Å². The lowest BCUT2D eigenvalue weighted by molar-refractivity contribution is 0.0993. The van der Waals surface area contributed by atoms with E-state index in [-0.39, 0.29) is 23.0 Å². The number of hydrogen-bond donors (Lipinski definition) is 2. The number of imidazole rings is 1. The van der Waals surface area contributed by atoms with Crippen LogP contribution in [0.3, 0.4) is 0 Å². The maximum Gasteiger partial charge on any atom is 0.306 e. The molecular weight excluding hydrogens is 376 g/mol. The highest BCUT2D eigenvalue weighted by Crippen LogP contribution is 2.25. The van der Waals surface area contributed by atoms with Crippen LogP contribution in [0.25, 0.3) is 11.2 Å². The van der Waals surface area contributed by atoms with Crippen LogP contribution in [-0.2, 0) is 13.6 Å². The number of fused-ring (bicyclic) bond motifs is 1. The van der Waals surface area contributed by atoms with Crippen molar-refractivity contribution in [2.24, 2.45) is 12.8 Å². The van der Waals surface area contributed by atoms with E-state index in [9.17, 15) is 9.59 Å². The molecule has 1 fully saturated rings. The molecule has 0 spiro atoms. The molecule has 29 heavy (non-hydrogen) atoms. The minimum atomic E-state index is -0.733. The number of aryl methyl sites for hydroxylation is 1. The second-order valence-electron chi connectivity index (χ2n) is 6.64. The van der Waals surface area contributed by atoms with Crippen molar-refractivity contribution in [3.05, 3.63) is 34.4 Å². The lowest BCUT2D eigenvalue weighted by Crippen LogP contribution is -2.44. The molecule has 0 unspecified atom stereocenters. The molecule has 0 atom stereocenters. The number of hydrogen-bond acceptors (Lipinski definition) is 8. The van der Waals surface area contributed by atoms with Gasteiger partial charge in [0.1, 0.15) is 0 Å². The van der Waals surface area contributed by atoms with Crippen molar-refractivity contribution in [3.8, 4) is 11.8 Å². The Morgan fingerprint density at radius 1 is 1.31 bits per heavy atom. The zero-order valence-corrected chi connectivity index (χ0v) is 16.3. The van der Waals surface area contributed by atoms with Crippen LogP contribution in [0.5, 0.6) is 11.8 Å². The van der Waals surface area contributed by atoms with Crippen LogP contribution in [0.1, 0.15) is 17.4 Å². The summed E-state index contributed by atoms with van der Waals surface area (Å²) in [5, 5.41) is 3.30. The minimum Gasteiger partial charge on any atom is -0.423 e. The number of ether oxygens (including phenoxy) is 1. The van der Waals surface area contributed by atoms with Crippen LogP contribution < -0.4 is 26.2 Å². The molecule has 0 saturated carbocycles. The highest BCUT2D eigenvalue weighted by atomic mass is 16.5. The third kappa shape index (κ3) is 3.29. The van der Waals surface area contributed by atoms with Crippen LogP contribution in [0.2, 0.25) is 0 Å². The molecule has 0 aliphatic carbocycles. The van der Waals surface area contributed by atoms with E-state index in [2.05, 4.69) is 25.2 Å². The zero-order chi connectivity index (χ0) is 20.5. The lowest BCUT2D eigenvalue weighted by Gasteiger charge is -2.28. The highest BCUT2D eigenvalue weighted by molar-refractivity contribution is 5.93. The SMILES string of the molecule is CCn1c(N2CCNCC2)nc2nc(Oc3cccnc3C(N)=O)n(C)c(=O)c21. The van der Waals surface area contributed by atoms with Gasteiger partial charge in [-0.3, -0.25) is 14.2 Å². The highest BCUT2D eigenvalue weighted by Gasteiger charge is 2.23. The molecule has 0 bridgehead atoms. The Kier molecular flexibility index (Phi) is 4.89. The van der Waals surface area contributed by atoms with Gasteiger partial charge in [0.25, 0.3) is 11.5 Å². The van der Waals surface area contributed by atoms with Crippen molar-refractivity contribution in [2.45, 2.75) is 13.5 Å². The molecule has 1 saturated heterocycles. The van der Waals surface area contributed by atoms with Crippen LogP contribution in [-0.4, -0.2) is 56.2 Å². The van der Waals surface area contributed by atoms with Crippen molar-refractivity contribution < 1.29 is 9.53 Å². The predicted molar refractivity (Wildman–Crippen MR) is 106 cm³/mol. The molecule has 1 aliphatic heterocycles. The zero-order valence-electron chi connectivity index (χ0n) is 16.3. The van der Waals surface area contributed by atoms with E-state index in [1.54, 1.807) is 19.2 Å². The summed E-state index contributed by atoms with van der Waals surface area (Å²) in [7, 11) is 1.56. The van der Waals surface area contributed by atoms with Crippen LogP contribution in [0.4, 0.5) is 5.95 Å². The van der Waals surface area contributed by atoms with Crippen molar-refractivity contribution in [2.75, 3.05) is 31.1 Å². The molecule has 0 aromatic carbocycles. The Balaban J connectivity index is 1.82. The first-order valence-corrected chi connectivity index (χ1v) is 9.36. The fourth-order valence-electron chi connectivity index (χ4n) is 3.38. The molecule has 3 N–H and O–H groups in total. The number of rotatable bonds is 5. The summed E-state index contributed by atoms with van der Waals surface area (Å²) in [5.41, 5.74) is 5.74. The standard InChI is InChI=1S/C18H22N8O3/c1-3-26-13-15(22-17(26)25-9-7-20-8-10-25)23-18(24(2)16(13)28)29-11-5-4-6-21-12(11)14(19)27/h4-6,20H,3,7-10H2,1-2H3,(H2,19,27). The Morgan fingerprint density at radius 2 is 2.07 bits per heavy atom. The molecular formula is C18H22N8O3. The van der Waals surface area contributed by atoms with E-state index < -0.39 is 5.91 Å². The second kappa shape index (κ2) is 7.51. The Morgan fingerprint density at radius 3 is 2.76 bits per heavy atom. The van der Waals surface area contributed by atoms with Gasteiger partial charge >= 0.3 is 6.01 Å². The smallest absolute Gasteiger partial charge is 0.306 e. The number of anilines is 1. The maximum atomic E-state index is 13.1. The van der Waals surface area contributed by atoms with Gasteiger partial charge in [0.2, 0.25) is 5.95 Å². The third-order valence-corrected chi connectivity index (χ3v) is 4.85. The first-order valence-electron chi connectivity index (χ1n) is 9.36. The number of amides is 1. The number of aromatic nitrogens is 5. The molecule has 0 radical (unpaired) electrons. The Bertz CT molecular complexity index is 1130. The van der Waals surface area contributed by atoms with Crippen LogP contribution >= 0.6 is 0 Å². The van der Waals surface area contributed by atoms with Crippen molar-refractivity contribution in [1.82, 2.24) is 29.4 Å². The van der Waals surface area contributed by atoms with E-state index in [0.29, 0.717) is 23.7 Å². The summed E-state index contributed by atoms with van der Waals surface area (Å²) in [6.45, 7) is 5.84. The summed E-state index contributed by atoms with van der Waals surface area (Å²) in [6.07, 6.45) is 1.44. The Hall–Kier alpha value is -3.47. The predicted octanol–water partition coefficient (Wildman–Crippen LogP) is -0.154. The van der Waals surface area contributed by atoms with Crippen molar-refractivity contribution in [3.63, 3.8) is 0 Å². The van der Waals surface area contributed by atoms with Gasteiger partial charge < -0.3 is 25.3 Å². The first-order chi connectivity index (χ1) is 14.0. The van der Waals surface area contributed by atoms with E-state index in [4.69, 9.17) is 10.5 Å². The van der Waals surface area contributed by atoms with Gasteiger partial charge in [0.05, 0.1) is 0 Å². The number of primary amides is 1. The second-order valence-corrected chi connectivity index (χ2v) is 6.64. The molecule has 11 nitrogen and oxygen atoms in total. The normalized spacial score (nSPS) is 14.3. The molecule has 3 aromatic heterocycles. The Labute approximate surface area is 166 Å². The summed E-state index contributed by atoms with van der Waals surface area (Å²) in [5.74, 6) is 0.104. The topological polar surface area (TPSA) is 133 Å². The van der Waals surface area contributed by atoms with E-state index in [0.717, 1.165) is 26.2 Å². The average molecular weight is 398 g/mol. The summed E-state index contributed by atoms with van der Waals surface area (Å²) < 4.78 is 8.90. The van der Waals surface area contributed by atoms with Gasteiger partial charge in [-0.1, -0.05) is 0 Å². The van der Waals surface area contributed by atoms with Crippen molar-refractivity contribution >= 4 is 23.0 Å². The molecule has 1 amide bonds. The monoisotopic (exact) mass is 398 g/mol. The van der Waals surface area contributed by atoms with Gasteiger partial charge in [-0.25, -0.2) is 4.98 Å². The third-order valence-electron chi connectivity index (χ3n) is 4.85. The number of nitrogens with zero attached hydrogens (tertiary/aromatic N) is 6. The number of nitrogens with two attached hydrogens (primary N) is 1. The fourth-order valence-corrected chi connectivity index (χ4v) is 3.38. The van der Waals surface area contributed by atoms with Gasteiger partial charge in [0.15, 0.2) is 22.6 Å². The number of carbonyl (C=O) groups excluding carboxylic acids is 1. The van der Waals surface area contributed by atoms with Crippen LogP contribution in [0, 0.1) is 0 Å². The number of pyridine rings is 1. The molecule has 4 rings (SSSR count). The molecule has 3 aromatic rings. The maximum absolute atomic E-state index is 13.1. The summed E-state index contributed by atoms with van der Waals surface area (Å²) >= 11 is 0. The molecule has 152 valence electrons. The van der Waals surface area contributed by atoms with E-state index in [1.165, 1.54) is 10.8 Å². The van der Waals surface area contributed by atoms with Crippen molar-refractivity contribution in [1.29, 1.82) is 0 Å². The van der Waals surface area contributed by atoms with Crippen LogP contribution in [0.15, 0.2) is 23.1 Å². The lowest BCUT2D eigenvalue weighted by atomic mass is 10.3. The number of piperazine rings is 1. The number of carbonyl (C=O) groups is 1. The van der Waals surface area contributed by atoms with Gasteiger partial charge in [-0.05, 0) is 19.1 Å². The average Bonchev–Trinajstić information content (AvgIpc) is 3.11. The largest absolute Gasteiger partial charge is 0.423 e. The number of nitrogens with one attached hydrogen (secondary N) is 1. The fraction of sp³-hybridized carbons (Fsp3) is 0.389. The van der Waals surface area contributed by atoms with Gasteiger partial charge in [0, 0.05) is 46.0 Å². The van der Waals surface area contributed by atoms with E-state index in [1.807, 2.05) is 11.5 Å². The quantitative estimate of drug-likeness (QED) is 0.606.